The lowest BCUT2D eigenvalue weighted by Crippen LogP contribution is -2.50. The van der Waals surface area contributed by atoms with Crippen LogP contribution in [-0.4, -0.2) is 50.6 Å². The van der Waals surface area contributed by atoms with Crippen molar-refractivity contribution in [3.8, 4) is 5.75 Å². The number of carbonyl (C=O) groups is 1. The van der Waals surface area contributed by atoms with E-state index in [1.165, 1.54) is 27.9 Å². The zero-order chi connectivity index (χ0) is 22.2. The SMILES string of the molecule is COc1cccc(N2CCN(CC(=O)NC3c4cc(C)cc(C)c4CC3(C)C)CC2)c1. The first-order chi connectivity index (χ1) is 14.8. The molecule has 5 heteroatoms. The molecule has 1 aliphatic heterocycles. The maximum Gasteiger partial charge on any atom is 0.234 e. The maximum atomic E-state index is 13.0. The van der Waals surface area contributed by atoms with Gasteiger partial charge in [-0.1, -0.05) is 37.6 Å². The van der Waals surface area contributed by atoms with Gasteiger partial charge in [-0.05, 0) is 54.5 Å². The molecule has 1 saturated heterocycles. The first kappa shape index (κ1) is 21.7. The fraction of sp³-hybridized carbons (Fsp3) is 0.500. The molecule has 1 N–H and O–H groups in total. The average molecular weight is 422 g/mol. The van der Waals surface area contributed by atoms with Crippen molar-refractivity contribution in [3.05, 3.63) is 58.7 Å². The van der Waals surface area contributed by atoms with Gasteiger partial charge in [0.05, 0.1) is 19.7 Å². The van der Waals surface area contributed by atoms with E-state index in [-0.39, 0.29) is 17.4 Å². The van der Waals surface area contributed by atoms with Gasteiger partial charge in [-0.3, -0.25) is 9.69 Å². The zero-order valence-electron chi connectivity index (χ0n) is 19.5. The Hall–Kier alpha value is -2.53. The van der Waals surface area contributed by atoms with E-state index < -0.39 is 0 Å². The van der Waals surface area contributed by atoms with Crippen LogP contribution in [0.4, 0.5) is 5.69 Å². The molecule has 1 heterocycles. The summed E-state index contributed by atoms with van der Waals surface area (Å²) in [6.45, 7) is 12.9. The summed E-state index contributed by atoms with van der Waals surface area (Å²) in [5.74, 6) is 1.00. The van der Waals surface area contributed by atoms with Crippen molar-refractivity contribution < 1.29 is 9.53 Å². The summed E-state index contributed by atoms with van der Waals surface area (Å²) in [6.07, 6.45) is 1.01. The number of benzene rings is 2. The van der Waals surface area contributed by atoms with Crippen LogP contribution >= 0.6 is 0 Å². The predicted octanol–water partition coefficient (Wildman–Crippen LogP) is 3.87. The highest BCUT2D eigenvalue weighted by Crippen LogP contribution is 2.46. The van der Waals surface area contributed by atoms with Gasteiger partial charge in [-0.2, -0.15) is 0 Å². The number of aryl methyl sites for hydroxylation is 2. The van der Waals surface area contributed by atoms with Crippen LogP contribution in [-0.2, 0) is 11.2 Å². The molecule has 4 rings (SSSR count). The van der Waals surface area contributed by atoms with Crippen molar-refractivity contribution in [2.75, 3.05) is 44.7 Å². The minimum Gasteiger partial charge on any atom is -0.497 e. The molecular weight excluding hydrogens is 386 g/mol. The highest BCUT2D eigenvalue weighted by atomic mass is 16.5. The van der Waals surface area contributed by atoms with Crippen molar-refractivity contribution >= 4 is 11.6 Å². The Bertz CT molecular complexity index is 961. The first-order valence-electron chi connectivity index (χ1n) is 11.3. The third kappa shape index (κ3) is 4.57. The van der Waals surface area contributed by atoms with Crippen molar-refractivity contribution in [3.63, 3.8) is 0 Å². The third-order valence-corrected chi connectivity index (χ3v) is 6.84. The normalized spacial score (nSPS) is 20.4. The molecule has 1 aliphatic carbocycles. The minimum atomic E-state index is 0.0294. The number of hydrogen-bond acceptors (Lipinski definition) is 4. The number of methoxy groups -OCH3 is 1. The second-order valence-corrected chi connectivity index (χ2v) is 9.78. The van der Waals surface area contributed by atoms with E-state index in [1.54, 1.807) is 7.11 Å². The van der Waals surface area contributed by atoms with Crippen LogP contribution in [0.25, 0.3) is 0 Å². The summed E-state index contributed by atoms with van der Waals surface area (Å²) >= 11 is 0. The summed E-state index contributed by atoms with van der Waals surface area (Å²) in [6, 6.07) is 12.8. The monoisotopic (exact) mass is 421 g/mol. The first-order valence-corrected chi connectivity index (χ1v) is 11.3. The van der Waals surface area contributed by atoms with E-state index in [0.29, 0.717) is 6.54 Å². The maximum absolute atomic E-state index is 13.0. The molecule has 1 atom stereocenters. The molecule has 0 saturated carbocycles. The Morgan fingerprint density at radius 2 is 1.87 bits per heavy atom. The summed E-state index contributed by atoms with van der Waals surface area (Å²) in [7, 11) is 1.70. The topological polar surface area (TPSA) is 44.8 Å². The van der Waals surface area contributed by atoms with Crippen molar-refractivity contribution in [1.29, 1.82) is 0 Å². The van der Waals surface area contributed by atoms with Crippen LogP contribution in [0.15, 0.2) is 36.4 Å². The number of carbonyl (C=O) groups excluding carboxylic acids is 1. The molecule has 5 nitrogen and oxygen atoms in total. The summed E-state index contributed by atoms with van der Waals surface area (Å²) in [5.41, 5.74) is 6.53. The lowest BCUT2D eigenvalue weighted by molar-refractivity contribution is -0.123. The quantitative estimate of drug-likeness (QED) is 0.796. The number of piperazine rings is 1. The fourth-order valence-electron chi connectivity index (χ4n) is 5.16. The van der Waals surface area contributed by atoms with Crippen LogP contribution in [0.2, 0.25) is 0 Å². The highest BCUT2D eigenvalue weighted by Gasteiger charge is 2.40. The van der Waals surface area contributed by atoms with E-state index in [4.69, 9.17) is 4.74 Å². The Labute approximate surface area is 186 Å². The third-order valence-electron chi connectivity index (χ3n) is 6.84. The summed E-state index contributed by atoms with van der Waals surface area (Å²) in [4.78, 5) is 17.6. The van der Waals surface area contributed by atoms with Gasteiger partial charge in [0.15, 0.2) is 0 Å². The molecule has 0 bridgehead atoms. The van der Waals surface area contributed by atoms with Crippen LogP contribution < -0.4 is 15.0 Å². The molecule has 1 unspecified atom stereocenters. The van der Waals surface area contributed by atoms with Crippen LogP contribution in [0.3, 0.4) is 0 Å². The number of hydrogen-bond donors (Lipinski definition) is 1. The van der Waals surface area contributed by atoms with Gasteiger partial charge in [-0.15, -0.1) is 0 Å². The molecule has 2 aromatic carbocycles. The van der Waals surface area contributed by atoms with Gasteiger partial charge in [0.25, 0.3) is 0 Å². The van der Waals surface area contributed by atoms with Crippen molar-refractivity contribution in [2.24, 2.45) is 5.41 Å². The number of nitrogens with one attached hydrogen (secondary N) is 1. The molecular formula is C26H35N3O2. The fourth-order valence-corrected chi connectivity index (χ4v) is 5.16. The second-order valence-electron chi connectivity index (χ2n) is 9.78. The largest absolute Gasteiger partial charge is 0.497 e. The van der Waals surface area contributed by atoms with Gasteiger partial charge in [0.1, 0.15) is 5.75 Å². The second kappa shape index (κ2) is 8.54. The zero-order valence-corrected chi connectivity index (χ0v) is 19.5. The smallest absolute Gasteiger partial charge is 0.234 e. The van der Waals surface area contributed by atoms with Gasteiger partial charge >= 0.3 is 0 Å². The lowest BCUT2D eigenvalue weighted by atomic mass is 9.85. The van der Waals surface area contributed by atoms with Crippen molar-refractivity contribution in [2.45, 2.75) is 40.2 Å². The molecule has 1 fully saturated rings. The van der Waals surface area contributed by atoms with E-state index in [2.05, 4.69) is 67.1 Å². The van der Waals surface area contributed by atoms with Gasteiger partial charge < -0.3 is 15.0 Å². The molecule has 0 aromatic heterocycles. The van der Waals surface area contributed by atoms with E-state index in [0.717, 1.165) is 38.3 Å². The van der Waals surface area contributed by atoms with E-state index >= 15 is 0 Å². The van der Waals surface area contributed by atoms with Crippen LogP contribution in [0.5, 0.6) is 5.75 Å². The molecule has 2 aliphatic rings. The number of anilines is 1. The Kier molecular flexibility index (Phi) is 5.98. The number of ether oxygens (including phenoxy) is 1. The number of rotatable bonds is 5. The van der Waals surface area contributed by atoms with Gasteiger partial charge in [-0.25, -0.2) is 0 Å². The van der Waals surface area contributed by atoms with Crippen molar-refractivity contribution in [1.82, 2.24) is 10.2 Å². The summed E-state index contributed by atoms with van der Waals surface area (Å²) in [5, 5.41) is 3.37. The molecule has 166 valence electrons. The standard InChI is InChI=1S/C26H35N3O2/c1-18-13-19(2)23-16-26(3,4)25(22(23)14-18)27-24(30)17-28-9-11-29(12-10-28)20-7-6-8-21(15-20)31-5/h6-8,13-15,25H,9-12,16-17H2,1-5H3,(H,27,30). The molecule has 0 radical (unpaired) electrons. The van der Waals surface area contributed by atoms with Gasteiger partial charge in [0, 0.05) is 37.9 Å². The molecule has 31 heavy (non-hydrogen) atoms. The minimum absolute atomic E-state index is 0.0294. The predicted molar refractivity (Wildman–Crippen MR) is 126 cm³/mol. The van der Waals surface area contributed by atoms with Gasteiger partial charge in [0.2, 0.25) is 5.91 Å². The van der Waals surface area contributed by atoms with E-state index in [1.807, 2.05) is 12.1 Å². The average Bonchev–Trinajstić information content (AvgIpc) is 2.99. The highest BCUT2D eigenvalue weighted by molar-refractivity contribution is 5.79. The number of nitrogens with zero attached hydrogens (tertiary/aromatic N) is 2. The van der Waals surface area contributed by atoms with Crippen LogP contribution in [0.1, 0.15) is 42.1 Å². The Morgan fingerprint density at radius 1 is 1.13 bits per heavy atom. The van der Waals surface area contributed by atoms with E-state index in [9.17, 15) is 4.79 Å². The Balaban J connectivity index is 1.36. The van der Waals surface area contributed by atoms with Crippen LogP contribution in [0, 0.1) is 19.3 Å². The molecule has 0 spiro atoms. The molecule has 1 amide bonds. The number of amides is 1. The molecule has 2 aromatic rings. The number of fused-ring (bicyclic) bond motifs is 1. The lowest BCUT2D eigenvalue weighted by Gasteiger charge is -2.36. The summed E-state index contributed by atoms with van der Waals surface area (Å²) < 4.78 is 5.35. The Morgan fingerprint density at radius 3 is 2.58 bits per heavy atom.